The third-order valence-electron chi connectivity index (χ3n) is 2.43. The topological polar surface area (TPSA) is 116 Å². The van der Waals surface area contributed by atoms with Gasteiger partial charge in [-0.2, -0.15) is 5.10 Å². The number of carbonyl (C=O) groups is 2. The number of urea groups is 1. The molecule has 0 aliphatic rings. The van der Waals surface area contributed by atoms with E-state index in [0.717, 1.165) is 0 Å². The maximum absolute atomic E-state index is 11.6. The number of nitrogens with zero attached hydrogens (tertiary/aromatic N) is 2. The van der Waals surface area contributed by atoms with Gasteiger partial charge in [-0.15, -0.1) is 0 Å². The predicted molar refractivity (Wildman–Crippen MR) is 66.5 cm³/mol. The van der Waals surface area contributed by atoms with E-state index in [0.29, 0.717) is 6.54 Å². The van der Waals surface area contributed by atoms with Gasteiger partial charge in [-0.25, -0.2) is 9.59 Å². The minimum Gasteiger partial charge on any atom is -0.480 e. The molecule has 4 N–H and O–H groups in total. The summed E-state index contributed by atoms with van der Waals surface area (Å²) >= 11 is 0. The van der Waals surface area contributed by atoms with Crippen molar-refractivity contribution in [3.8, 4) is 0 Å². The van der Waals surface area contributed by atoms with Crippen LogP contribution in [0.4, 0.5) is 4.79 Å². The lowest BCUT2D eigenvalue weighted by molar-refractivity contribution is -0.141. The Balaban J connectivity index is 2.43. The van der Waals surface area contributed by atoms with Crippen LogP contribution in [0.1, 0.15) is 13.8 Å². The Morgan fingerprint density at radius 3 is 2.53 bits per heavy atom. The van der Waals surface area contributed by atoms with Crippen molar-refractivity contribution in [2.75, 3.05) is 0 Å². The quantitative estimate of drug-likeness (QED) is 0.551. The fourth-order valence-electron chi connectivity index (χ4n) is 1.53. The number of carboxylic acids is 1. The molecule has 0 fully saturated rings. The molecule has 0 aromatic carbocycles. The smallest absolute Gasteiger partial charge is 0.328 e. The van der Waals surface area contributed by atoms with E-state index in [1.165, 1.54) is 6.92 Å². The van der Waals surface area contributed by atoms with Crippen LogP contribution in [-0.2, 0) is 11.3 Å². The molecule has 1 rings (SSSR count). The molecule has 0 bridgehead atoms. The number of nitrogens with one attached hydrogen (secondary N) is 2. The lowest BCUT2D eigenvalue weighted by Gasteiger charge is -2.20. The van der Waals surface area contributed by atoms with E-state index in [9.17, 15) is 14.7 Å². The van der Waals surface area contributed by atoms with E-state index < -0.39 is 24.1 Å². The van der Waals surface area contributed by atoms with Crippen molar-refractivity contribution in [1.82, 2.24) is 20.4 Å². The van der Waals surface area contributed by atoms with Gasteiger partial charge in [0.1, 0.15) is 0 Å². The first kappa shape index (κ1) is 15.0. The van der Waals surface area contributed by atoms with Gasteiger partial charge in [0, 0.05) is 18.4 Å². The second kappa shape index (κ2) is 6.74. The van der Waals surface area contributed by atoms with Crippen LogP contribution in [0.25, 0.3) is 0 Å². The summed E-state index contributed by atoms with van der Waals surface area (Å²) in [5, 5.41) is 26.8. The first-order chi connectivity index (χ1) is 8.90. The number of amides is 2. The van der Waals surface area contributed by atoms with Gasteiger partial charge < -0.3 is 20.8 Å². The van der Waals surface area contributed by atoms with Crippen molar-refractivity contribution in [3.05, 3.63) is 18.5 Å². The summed E-state index contributed by atoms with van der Waals surface area (Å²) in [7, 11) is 0. The zero-order chi connectivity index (χ0) is 14.4. The minimum atomic E-state index is -1.34. The predicted octanol–water partition coefficient (Wildman–Crippen LogP) is -0.595. The van der Waals surface area contributed by atoms with Gasteiger partial charge in [0.05, 0.1) is 12.6 Å². The van der Waals surface area contributed by atoms with Crippen molar-refractivity contribution < 1.29 is 19.8 Å². The normalized spacial score (nSPS) is 15.3. The molecule has 3 atom stereocenters. The van der Waals surface area contributed by atoms with Gasteiger partial charge in [0.2, 0.25) is 0 Å². The molecule has 19 heavy (non-hydrogen) atoms. The molecule has 1 aromatic heterocycles. The summed E-state index contributed by atoms with van der Waals surface area (Å²) in [6.07, 6.45) is 2.21. The Hall–Kier alpha value is -2.09. The second-order valence-corrected chi connectivity index (χ2v) is 4.30. The molecule has 106 valence electrons. The van der Waals surface area contributed by atoms with Gasteiger partial charge in [-0.1, -0.05) is 0 Å². The first-order valence-electron chi connectivity index (χ1n) is 5.85. The van der Waals surface area contributed by atoms with Crippen molar-refractivity contribution in [3.63, 3.8) is 0 Å². The highest BCUT2D eigenvalue weighted by molar-refractivity contribution is 5.83. The number of aliphatic hydroxyl groups excluding tert-OH is 1. The van der Waals surface area contributed by atoms with Crippen LogP contribution in [-0.4, -0.2) is 50.2 Å². The number of aliphatic carboxylic acids is 1. The average molecular weight is 270 g/mol. The van der Waals surface area contributed by atoms with Gasteiger partial charge in [0.25, 0.3) is 0 Å². The fourth-order valence-corrected chi connectivity index (χ4v) is 1.53. The van der Waals surface area contributed by atoms with E-state index in [1.807, 2.05) is 0 Å². The zero-order valence-corrected chi connectivity index (χ0v) is 10.8. The number of rotatable bonds is 6. The number of hydrogen-bond donors (Lipinski definition) is 4. The minimum absolute atomic E-state index is 0.233. The highest BCUT2D eigenvalue weighted by atomic mass is 16.4. The average Bonchev–Trinajstić information content (AvgIpc) is 2.77. The Labute approximate surface area is 110 Å². The maximum atomic E-state index is 11.6. The van der Waals surface area contributed by atoms with Crippen molar-refractivity contribution in [2.45, 2.75) is 38.6 Å². The van der Waals surface area contributed by atoms with Crippen LogP contribution >= 0.6 is 0 Å². The molecular formula is C11H18N4O4. The molecule has 1 heterocycles. The van der Waals surface area contributed by atoms with Crippen LogP contribution in [0.15, 0.2) is 18.5 Å². The maximum Gasteiger partial charge on any atom is 0.328 e. The molecule has 0 spiro atoms. The largest absolute Gasteiger partial charge is 0.480 e. The van der Waals surface area contributed by atoms with E-state index in [-0.39, 0.29) is 6.04 Å². The summed E-state index contributed by atoms with van der Waals surface area (Å²) < 4.78 is 1.65. The number of carbonyl (C=O) groups excluding carboxylic acids is 1. The molecule has 8 heteroatoms. The number of carboxylic acid groups (broad SMARTS) is 1. The van der Waals surface area contributed by atoms with E-state index >= 15 is 0 Å². The fraction of sp³-hybridized carbons (Fsp3) is 0.545. The van der Waals surface area contributed by atoms with E-state index in [4.69, 9.17) is 5.11 Å². The molecule has 0 saturated heterocycles. The molecule has 0 aliphatic heterocycles. The van der Waals surface area contributed by atoms with Gasteiger partial charge in [-0.05, 0) is 19.9 Å². The SMILES string of the molecule is CC(Cn1cccn1)NC(=O)N[C@H](C(=O)O)[C@@H](C)O. The third-order valence-corrected chi connectivity index (χ3v) is 2.43. The van der Waals surface area contributed by atoms with Crippen LogP contribution in [0.2, 0.25) is 0 Å². The highest BCUT2D eigenvalue weighted by Gasteiger charge is 2.25. The van der Waals surface area contributed by atoms with Crippen LogP contribution in [0.5, 0.6) is 0 Å². The first-order valence-corrected chi connectivity index (χ1v) is 5.85. The van der Waals surface area contributed by atoms with Gasteiger partial charge in [0.15, 0.2) is 6.04 Å². The molecule has 0 aliphatic carbocycles. The van der Waals surface area contributed by atoms with Crippen molar-refractivity contribution in [2.24, 2.45) is 0 Å². The van der Waals surface area contributed by atoms with Crippen molar-refractivity contribution >= 4 is 12.0 Å². The number of aliphatic hydroxyl groups is 1. The Kier molecular flexibility index (Phi) is 5.31. The summed E-state index contributed by atoms with van der Waals surface area (Å²) in [6.45, 7) is 3.53. The monoisotopic (exact) mass is 270 g/mol. The van der Waals surface area contributed by atoms with Gasteiger partial charge >= 0.3 is 12.0 Å². The van der Waals surface area contributed by atoms with Gasteiger partial charge in [-0.3, -0.25) is 4.68 Å². The van der Waals surface area contributed by atoms with Crippen molar-refractivity contribution in [1.29, 1.82) is 0 Å². The van der Waals surface area contributed by atoms with Crippen LogP contribution < -0.4 is 10.6 Å². The summed E-state index contributed by atoms with van der Waals surface area (Å²) in [5.41, 5.74) is 0. The Bertz CT molecular complexity index is 418. The Morgan fingerprint density at radius 1 is 1.37 bits per heavy atom. The molecule has 1 aromatic rings. The highest BCUT2D eigenvalue weighted by Crippen LogP contribution is 1.94. The standard InChI is InChI=1S/C11H18N4O4/c1-7(6-15-5-3-4-12-15)13-11(19)14-9(8(2)16)10(17)18/h3-5,7-9,16H,6H2,1-2H3,(H,17,18)(H2,13,14,19)/t7?,8-,9+/m1/s1. The molecule has 0 radical (unpaired) electrons. The molecule has 8 nitrogen and oxygen atoms in total. The van der Waals surface area contributed by atoms with E-state index in [1.54, 1.807) is 30.1 Å². The van der Waals surface area contributed by atoms with E-state index in [2.05, 4.69) is 15.7 Å². The zero-order valence-electron chi connectivity index (χ0n) is 10.8. The lowest BCUT2D eigenvalue weighted by atomic mass is 10.2. The second-order valence-electron chi connectivity index (χ2n) is 4.30. The Morgan fingerprint density at radius 2 is 2.05 bits per heavy atom. The molecular weight excluding hydrogens is 252 g/mol. The third kappa shape index (κ3) is 4.96. The summed E-state index contributed by atoms with van der Waals surface area (Å²) in [6, 6.07) is -0.450. The van der Waals surface area contributed by atoms with Crippen LogP contribution in [0, 0.1) is 0 Å². The van der Waals surface area contributed by atoms with Crippen LogP contribution in [0.3, 0.4) is 0 Å². The summed E-state index contributed by atoms with van der Waals surface area (Å²) in [5.74, 6) is -1.29. The number of aromatic nitrogens is 2. The molecule has 0 saturated carbocycles. The number of hydrogen-bond acceptors (Lipinski definition) is 4. The molecule has 1 unspecified atom stereocenters. The summed E-state index contributed by atoms with van der Waals surface area (Å²) in [4.78, 5) is 22.4. The molecule has 2 amide bonds. The lowest BCUT2D eigenvalue weighted by Crippen LogP contribution is -2.53.